The van der Waals surface area contributed by atoms with E-state index >= 15 is 0 Å². The van der Waals surface area contributed by atoms with Gasteiger partial charge in [-0.25, -0.2) is 4.79 Å². The summed E-state index contributed by atoms with van der Waals surface area (Å²) in [5.74, 6) is -1.04. The van der Waals surface area contributed by atoms with Crippen LogP contribution in [-0.4, -0.2) is 27.6 Å². The Balaban J connectivity index is 2.55. The predicted molar refractivity (Wildman–Crippen MR) is 70.2 cm³/mol. The van der Waals surface area contributed by atoms with Gasteiger partial charge in [0.15, 0.2) is 11.5 Å². The van der Waals surface area contributed by atoms with Gasteiger partial charge in [-0.3, -0.25) is 9.48 Å². The largest absolute Gasteiger partial charge is 0.706 e. The first kappa shape index (κ1) is 13.0. The molecule has 0 amide bonds. The number of aromatic nitrogens is 2. The van der Waals surface area contributed by atoms with Gasteiger partial charge in [0.25, 0.3) is 0 Å². The van der Waals surface area contributed by atoms with Crippen LogP contribution in [0, 0.1) is 0 Å². The lowest BCUT2D eigenvalue weighted by Gasteiger charge is -2.12. The Morgan fingerprint density at radius 1 is 1.57 bits per heavy atom. The monoisotopic (exact) mass is 289 g/mol. The van der Waals surface area contributed by atoms with E-state index < -0.39 is 17.1 Å². The fourth-order valence-electron chi connectivity index (χ4n) is 2.25. The molecule has 0 aliphatic carbocycles. The number of hydrogen-bond acceptors (Lipinski definition) is 6. The third kappa shape index (κ3) is 1.74. The summed E-state index contributed by atoms with van der Waals surface area (Å²) in [6.45, 7) is 1.98. The molecule has 0 atom stereocenters. The minimum absolute atomic E-state index is 0.0731. The summed E-state index contributed by atoms with van der Waals surface area (Å²) in [7, 11) is 0. The van der Waals surface area contributed by atoms with E-state index in [1.807, 2.05) is 0 Å². The summed E-state index contributed by atoms with van der Waals surface area (Å²) in [4.78, 5) is 23.4. The molecule has 2 aromatic rings. The highest BCUT2D eigenvalue weighted by atomic mass is 16.7. The second kappa shape index (κ2) is 4.54. The van der Waals surface area contributed by atoms with Crippen LogP contribution in [0.1, 0.15) is 17.4 Å². The number of aryl methyl sites for hydroxylation is 1. The molecule has 0 saturated heterocycles. The van der Waals surface area contributed by atoms with Crippen LogP contribution in [0.2, 0.25) is 0 Å². The number of carbonyl (C=O) groups is 1. The van der Waals surface area contributed by atoms with Crippen LogP contribution in [0.5, 0.6) is 11.5 Å². The van der Waals surface area contributed by atoms with Gasteiger partial charge in [-0.1, -0.05) is 0 Å². The first-order valence-corrected chi connectivity index (χ1v) is 6.04. The van der Waals surface area contributed by atoms with Crippen LogP contribution in [0.3, 0.4) is 0 Å². The standard InChI is InChI=1S/C12H9N4O5/c1-2-16-5-3-6-11(21-4-20-6)8(14-13)7(5)10(17)9(15-16)12(18)19/h3H,2,4H2,1H3,(H,18,19)/q-1. The number of hydrogen-bond donors (Lipinski definition) is 1. The zero-order valence-electron chi connectivity index (χ0n) is 10.9. The number of carboxylic acid groups (broad SMARTS) is 1. The SMILES string of the molecule is CCn1nc(C(=O)O)c(=O)c2c(N=[N-])c3c(cc21)OCO3. The van der Waals surface area contributed by atoms with E-state index in [0.717, 1.165) is 0 Å². The molecule has 0 radical (unpaired) electrons. The summed E-state index contributed by atoms with van der Waals surface area (Å²) in [6, 6.07) is 1.51. The Morgan fingerprint density at radius 2 is 2.33 bits per heavy atom. The number of benzene rings is 1. The van der Waals surface area contributed by atoms with Gasteiger partial charge in [0.05, 0.1) is 10.9 Å². The second-order valence-corrected chi connectivity index (χ2v) is 4.25. The smallest absolute Gasteiger partial charge is 0.360 e. The molecule has 0 unspecified atom stereocenters. The molecule has 1 aliphatic rings. The minimum atomic E-state index is -1.45. The van der Waals surface area contributed by atoms with Crippen molar-refractivity contribution in [2.75, 3.05) is 6.79 Å². The Hall–Kier alpha value is -2.97. The van der Waals surface area contributed by atoms with Gasteiger partial charge >= 0.3 is 5.97 Å². The van der Waals surface area contributed by atoms with Crippen LogP contribution in [0.25, 0.3) is 16.4 Å². The fraction of sp³-hybridized carbons (Fsp3) is 0.250. The molecule has 3 rings (SSSR count). The lowest BCUT2D eigenvalue weighted by atomic mass is 10.1. The van der Waals surface area contributed by atoms with Crippen LogP contribution in [0.4, 0.5) is 5.69 Å². The van der Waals surface area contributed by atoms with E-state index in [4.69, 9.17) is 14.6 Å². The molecular formula is C12H9N4O5-. The van der Waals surface area contributed by atoms with Crippen LogP contribution < -0.4 is 14.9 Å². The third-order valence-corrected chi connectivity index (χ3v) is 3.16. The van der Waals surface area contributed by atoms with Gasteiger partial charge < -0.3 is 25.2 Å². The summed E-state index contributed by atoms with van der Waals surface area (Å²) in [5, 5.41) is 15.9. The number of ether oxygens (including phenoxy) is 2. The molecule has 0 fully saturated rings. The molecule has 2 heterocycles. The summed E-state index contributed by atoms with van der Waals surface area (Å²) in [5.41, 5.74) is 7.86. The van der Waals surface area contributed by atoms with Gasteiger partial charge in [0, 0.05) is 12.6 Å². The number of rotatable bonds is 3. The van der Waals surface area contributed by atoms with E-state index in [1.165, 1.54) is 10.7 Å². The Bertz CT molecular complexity index is 842. The van der Waals surface area contributed by atoms with Crippen molar-refractivity contribution in [3.63, 3.8) is 0 Å². The lowest BCUT2D eigenvalue weighted by Crippen LogP contribution is -2.22. The average molecular weight is 289 g/mol. The van der Waals surface area contributed by atoms with Gasteiger partial charge in [0.2, 0.25) is 17.9 Å². The first-order chi connectivity index (χ1) is 10.1. The summed E-state index contributed by atoms with van der Waals surface area (Å²) < 4.78 is 11.7. The lowest BCUT2D eigenvalue weighted by molar-refractivity contribution is 0.0686. The van der Waals surface area contributed by atoms with E-state index in [-0.39, 0.29) is 23.6 Å². The maximum Gasteiger partial charge on any atom is 0.360 e. The molecule has 1 aromatic heterocycles. The first-order valence-electron chi connectivity index (χ1n) is 6.04. The van der Waals surface area contributed by atoms with Crippen LogP contribution in [-0.2, 0) is 6.54 Å². The maximum absolute atomic E-state index is 12.3. The molecule has 108 valence electrons. The maximum atomic E-state index is 12.3. The average Bonchev–Trinajstić information content (AvgIpc) is 2.93. The highest BCUT2D eigenvalue weighted by Crippen LogP contribution is 2.45. The molecule has 1 aliphatic heterocycles. The van der Waals surface area contributed by atoms with Crippen molar-refractivity contribution in [1.29, 1.82) is 0 Å². The molecular weight excluding hydrogens is 280 g/mol. The van der Waals surface area contributed by atoms with Crippen molar-refractivity contribution in [3.8, 4) is 11.5 Å². The number of carboxylic acids is 1. The molecule has 9 nitrogen and oxygen atoms in total. The molecule has 9 heteroatoms. The van der Waals surface area contributed by atoms with E-state index in [9.17, 15) is 15.1 Å². The van der Waals surface area contributed by atoms with Gasteiger partial charge in [-0.15, -0.1) is 0 Å². The molecule has 0 spiro atoms. The van der Waals surface area contributed by atoms with Gasteiger partial charge in [-0.2, -0.15) is 5.10 Å². The van der Waals surface area contributed by atoms with E-state index in [0.29, 0.717) is 17.8 Å². The number of fused-ring (bicyclic) bond motifs is 2. The molecule has 0 bridgehead atoms. The zero-order chi connectivity index (χ0) is 15.1. The zero-order valence-corrected chi connectivity index (χ0v) is 10.9. The van der Waals surface area contributed by atoms with E-state index in [1.54, 1.807) is 6.92 Å². The van der Waals surface area contributed by atoms with Crippen molar-refractivity contribution in [1.82, 2.24) is 9.78 Å². The highest BCUT2D eigenvalue weighted by molar-refractivity contribution is 5.99. The number of nitrogens with zero attached hydrogens (tertiary/aromatic N) is 4. The van der Waals surface area contributed by atoms with Crippen molar-refractivity contribution in [2.24, 2.45) is 5.11 Å². The topological polar surface area (TPSA) is 125 Å². The molecule has 0 saturated carbocycles. The Morgan fingerprint density at radius 3 is 2.95 bits per heavy atom. The van der Waals surface area contributed by atoms with Crippen molar-refractivity contribution in [2.45, 2.75) is 13.5 Å². The summed E-state index contributed by atoms with van der Waals surface area (Å²) in [6.07, 6.45) is 0. The van der Waals surface area contributed by atoms with Gasteiger partial charge in [0.1, 0.15) is 5.69 Å². The van der Waals surface area contributed by atoms with Crippen LogP contribution >= 0.6 is 0 Å². The number of aromatic carboxylic acids is 1. The molecule has 1 N–H and O–H groups in total. The van der Waals surface area contributed by atoms with Gasteiger partial charge in [-0.05, 0) is 6.92 Å². The van der Waals surface area contributed by atoms with E-state index in [2.05, 4.69) is 10.2 Å². The normalized spacial score (nSPS) is 12.6. The van der Waals surface area contributed by atoms with Crippen LogP contribution in [0.15, 0.2) is 16.0 Å². The third-order valence-electron chi connectivity index (χ3n) is 3.16. The van der Waals surface area contributed by atoms with Crippen molar-refractivity contribution >= 4 is 22.6 Å². The van der Waals surface area contributed by atoms with Crippen molar-refractivity contribution in [3.05, 3.63) is 27.5 Å². The van der Waals surface area contributed by atoms with Crippen molar-refractivity contribution < 1.29 is 19.4 Å². The highest BCUT2D eigenvalue weighted by Gasteiger charge is 2.25. The summed E-state index contributed by atoms with van der Waals surface area (Å²) >= 11 is 0. The second-order valence-electron chi connectivity index (χ2n) is 4.25. The fourth-order valence-corrected chi connectivity index (χ4v) is 2.25. The Kier molecular flexibility index (Phi) is 2.82. The molecule has 21 heavy (non-hydrogen) atoms. The molecule has 1 aromatic carbocycles. The minimum Gasteiger partial charge on any atom is -0.706 e. The predicted octanol–water partition coefficient (Wildman–Crippen LogP) is 1.50. The Labute approximate surface area is 117 Å². The quantitative estimate of drug-likeness (QED) is 0.853.